The Morgan fingerprint density at radius 1 is 0.868 bits per heavy atom. The number of nitrogens with one attached hydrogen (secondary N) is 2. The topological polar surface area (TPSA) is 98.7 Å². The Morgan fingerprint density at radius 3 is 2.18 bits per heavy atom. The van der Waals surface area contributed by atoms with Gasteiger partial charge in [-0.15, -0.1) is 0 Å². The number of carbonyl (C=O) groups is 3. The van der Waals surface area contributed by atoms with Gasteiger partial charge in [-0.3, -0.25) is 14.4 Å². The molecule has 7 nitrogen and oxygen atoms in total. The maximum absolute atomic E-state index is 13.2. The lowest BCUT2D eigenvalue weighted by atomic mass is 10.0. The molecule has 0 aliphatic rings. The summed E-state index contributed by atoms with van der Waals surface area (Å²) >= 11 is 13.5. The van der Waals surface area contributed by atoms with Gasteiger partial charge in [0.2, 0.25) is 0 Å². The average Bonchev–Trinajstić information content (AvgIpc) is 2.89. The third kappa shape index (κ3) is 6.58. The second kappa shape index (κ2) is 12.2. The molecule has 4 aromatic rings. The molecule has 0 aliphatic heterocycles. The van der Waals surface area contributed by atoms with Crippen molar-refractivity contribution in [1.82, 2.24) is 10.6 Å². The molecule has 38 heavy (non-hydrogen) atoms. The van der Waals surface area contributed by atoms with Gasteiger partial charge < -0.3 is 20.0 Å². The maximum Gasteiger partial charge on any atom is 0.324 e. The summed E-state index contributed by atoms with van der Waals surface area (Å²) in [6, 6.07) is 22.7. The van der Waals surface area contributed by atoms with Gasteiger partial charge in [-0.05, 0) is 65.4 Å². The summed E-state index contributed by atoms with van der Waals surface area (Å²) in [5.41, 5.74) is 2.46. The number of carbonyl (C=O) groups excluding carboxylic acids is 2. The van der Waals surface area contributed by atoms with Crippen LogP contribution in [0.3, 0.4) is 0 Å². The van der Waals surface area contributed by atoms with E-state index in [1.807, 2.05) is 12.1 Å². The van der Waals surface area contributed by atoms with Gasteiger partial charge >= 0.3 is 5.97 Å². The molecule has 194 valence electrons. The largest absolute Gasteiger partial charge is 0.480 e. The van der Waals surface area contributed by atoms with Gasteiger partial charge in [-0.1, -0.05) is 59.6 Å². The molecule has 0 bridgehead atoms. The predicted molar refractivity (Wildman–Crippen MR) is 152 cm³/mol. The number of anilines is 1. The van der Waals surface area contributed by atoms with Crippen LogP contribution in [0.2, 0.25) is 10.0 Å². The molecule has 0 spiro atoms. The summed E-state index contributed by atoms with van der Waals surface area (Å²) in [7, 11) is 1.57. The van der Waals surface area contributed by atoms with E-state index < -0.39 is 5.97 Å². The van der Waals surface area contributed by atoms with Gasteiger partial charge in [0.05, 0.1) is 5.69 Å². The molecular formula is C28H23Cl2N3O4S. The van der Waals surface area contributed by atoms with Gasteiger partial charge in [0.1, 0.15) is 6.54 Å². The van der Waals surface area contributed by atoms with Crippen molar-refractivity contribution in [3.63, 3.8) is 0 Å². The van der Waals surface area contributed by atoms with Crippen molar-refractivity contribution >= 4 is 69.4 Å². The fourth-order valence-corrected chi connectivity index (χ4v) is 5.60. The molecule has 10 heteroatoms. The lowest BCUT2D eigenvalue weighted by molar-refractivity contribution is -0.135. The fraction of sp³-hybridized carbons (Fsp3) is 0.107. The second-order valence-electron chi connectivity index (χ2n) is 8.26. The van der Waals surface area contributed by atoms with Crippen molar-refractivity contribution in [1.29, 1.82) is 0 Å². The van der Waals surface area contributed by atoms with Gasteiger partial charge in [-0.25, -0.2) is 0 Å². The molecule has 2 amide bonds. The van der Waals surface area contributed by atoms with Crippen molar-refractivity contribution in [3.05, 3.63) is 106 Å². The van der Waals surface area contributed by atoms with Crippen LogP contribution in [-0.4, -0.2) is 36.5 Å². The second-order valence-corrected chi connectivity index (χ2v) is 10.2. The molecule has 3 N–H and O–H groups in total. The van der Waals surface area contributed by atoms with E-state index >= 15 is 0 Å². The monoisotopic (exact) mass is 567 g/mol. The average molecular weight is 568 g/mol. The zero-order chi connectivity index (χ0) is 27.2. The molecule has 0 fully saturated rings. The van der Waals surface area contributed by atoms with E-state index in [0.717, 1.165) is 10.9 Å². The number of hydrogen-bond donors (Lipinski definition) is 3. The molecule has 0 unspecified atom stereocenters. The standard InChI is InChI=1S/C28H23Cl2N3O4S/c1-31-27(36)18-10-8-17(9-11-18)15-32-28(37)24-6-2-5-23-22(24)4-3-7-25(23)33(16-26(34)35)38-21-13-19(29)12-20(30)14-21/h2-14H,15-16H2,1H3,(H,31,36)(H,32,37)(H,34,35). The van der Waals surface area contributed by atoms with Crippen LogP contribution in [0.1, 0.15) is 26.3 Å². The Kier molecular flexibility index (Phi) is 8.78. The van der Waals surface area contributed by atoms with Crippen LogP contribution >= 0.6 is 35.1 Å². The summed E-state index contributed by atoms with van der Waals surface area (Å²) in [4.78, 5) is 37.3. The Morgan fingerprint density at radius 2 is 1.53 bits per heavy atom. The normalized spacial score (nSPS) is 10.7. The summed E-state index contributed by atoms with van der Waals surface area (Å²) in [5, 5.41) is 17.4. The van der Waals surface area contributed by atoms with Gasteiger partial charge in [0.25, 0.3) is 11.8 Å². The number of carboxylic acids is 1. The minimum Gasteiger partial charge on any atom is -0.480 e. The smallest absolute Gasteiger partial charge is 0.324 e. The highest BCUT2D eigenvalue weighted by Crippen LogP contribution is 2.37. The highest BCUT2D eigenvalue weighted by atomic mass is 35.5. The first kappa shape index (κ1) is 27.3. The van der Waals surface area contributed by atoms with Gasteiger partial charge in [0.15, 0.2) is 0 Å². The Labute approximate surface area is 233 Å². The molecule has 0 aromatic heterocycles. The number of hydrogen-bond acceptors (Lipinski definition) is 5. The van der Waals surface area contributed by atoms with E-state index in [9.17, 15) is 19.5 Å². The number of fused-ring (bicyclic) bond motifs is 1. The van der Waals surface area contributed by atoms with Crippen LogP contribution < -0.4 is 14.9 Å². The molecule has 0 radical (unpaired) electrons. The highest BCUT2D eigenvalue weighted by molar-refractivity contribution is 8.00. The molecular weight excluding hydrogens is 545 g/mol. The van der Waals surface area contributed by atoms with Gasteiger partial charge in [-0.2, -0.15) is 0 Å². The van der Waals surface area contributed by atoms with Crippen LogP contribution in [0.4, 0.5) is 5.69 Å². The van der Waals surface area contributed by atoms with Crippen LogP contribution in [-0.2, 0) is 11.3 Å². The highest BCUT2D eigenvalue weighted by Gasteiger charge is 2.18. The lowest BCUT2D eigenvalue weighted by Gasteiger charge is -2.23. The minimum atomic E-state index is -1.01. The number of nitrogens with zero attached hydrogens (tertiary/aromatic N) is 1. The zero-order valence-corrected chi connectivity index (χ0v) is 22.5. The molecule has 0 heterocycles. The molecule has 0 saturated carbocycles. The maximum atomic E-state index is 13.2. The van der Waals surface area contributed by atoms with E-state index in [4.69, 9.17) is 23.2 Å². The lowest BCUT2D eigenvalue weighted by Crippen LogP contribution is -2.24. The van der Waals surface area contributed by atoms with E-state index in [0.29, 0.717) is 37.1 Å². The van der Waals surface area contributed by atoms with Gasteiger partial charge in [0, 0.05) is 45.0 Å². The summed E-state index contributed by atoms with van der Waals surface area (Å²) in [6.45, 7) is -0.0180. The van der Waals surface area contributed by atoms with E-state index in [1.165, 1.54) is 11.9 Å². The Balaban J connectivity index is 1.61. The van der Waals surface area contributed by atoms with Crippen LogP contribution in [0, 0.1) is 0 Å². The SMILES string of the molecule is CNC(=O)c1ccc(CNC(=O)c2cccc3c(N(CC(=O)O)Sc4cc(Cl)cc(Cl)c4)cccc23)cc1. The molecule has 4 rings (SSSR count). The molecule has 4 aromatic carbocycles. The summed E-state index contributed by atoms with van der Waals surface area (Å²) in [5.74, 6) is -1.47. The summed E-state index contributed by atoms with van der Waals surface area (Å²) < 4.78 is 1.63. The van der Waals surface area contributed by atoms with Crippen molar-refractivity contribution in [3.8, 4) is 0 Å². The van der Waals surface area contributed by atoms with Crippen LogP contribution in [0.5, 0.6) is 0 Å². The first-order valence-electron chi connectivity index (χ1n) is 11.5. The fourth-order valence-electron chi connectivity index (χ4n) is 3.90. The van der Waals surface area contributed by atoms with E-state index in [2.05, 4.69) is 10.6 Å². The first-order chi connectivity index (χ1) is 18.2. The number of carboxylic acid groups (broad SMARTS) is 1. The third-order valence-electron chi connectivity index (χ3n) is 5.64. The van der Waals surface area contributed by atoms with E-state index in [-0.39, 0.29) is 24.9 Å². The number of halogens is 2. The molecule has 0 saturated heterocycles. The molecule has 0 atom stereocenters. The third-order valence-corrected chi connectivity index (χ3v) is 7.07. The number of aliphatic carboxylic acids is 1. The van der Waals surface area contributed by atoms with Crippen molar-refractivity contribution in [2.75, 3.05) is 17.9 Å². The first-order valence-corrected chi connectivity index (χ1v) is 13.0. The van der Waals surface area contributed by atoms with E-state index in [1.54, 1.807) is 78.1 Å². The predicted octanol–water partition coefficient (Wildman–Crippen LogP) is 6.03. The van der Waals surface area contributed by atoms with Crippen molar-refractivity contribution in [2.24, 2.45) is 0 Å². The number of benzene rings is 4. The molecule has 0 aliphatic carbocycles. The van der Waals surface area contributed by atoms with Crippen LogP contribution in [0.25, 0.3) is 10.8 Å². The van der Waals surface area contributed by atoms with Crippen molar-refractivity contribution in [2.45, 2.75) is 11.4 Å². The minimum absolute atomic E-state index is 0.180. The Bertz CT molecular complexity index is 1490. The van der Waals surface area contributed by atoms with Crippen molar-refractivity contribution < 1.29 is 19.5 Å². The van der Waals surface area contributed by atoms with Crippen LogP contribution in [0.15, 0.2) is 83.8 Å². The Hall–Kier alpha value is -3.72. The zero-order valence-electron chi connectivity index (χ0n) is 20.2. The number of amides is 2. The quantitative estimate of drug-likeness (QED) is 0.213. The summed E-state index contributed by atoms with van der Waals surface area (Å²) in [6.07, 6.45) is 0. The number of rotatable bonds is 9.